The molecule has 0 aliphatic carbocycles. The number of fused-ring (bicyclic) bond motifs is 1. The van der Waals surface area contributed by atoms with Gasteiger partial charge in [-0.05, 0) is 74.6 Å². The number of ketones is 1. The molecule has 3 amide bonds. The Balaban J connectivity index is 1.33. The second kappa shape index (κ2) is 16.5. The summed E-state index contributed by atoms with van der Waals surface area (Å²) in [5.41, 5.74) is 9.48. The molecule has 5 N–H and O–H groups in total. The number of hydrogen-bond acceptors (Lipinski definition) is 9. The summed E-state index contributed by atoms with van der Waals surface area (Å²) in [4.78, 5) is 58.3. The van der Waals surface area contributed by atoms with Crippen molar-refractivity contribution in [2.24, 2.45) is 11.7 Å². The second-order valence-electron chi connectivity index (χ2n) is 13.3. The van der Waals surface area contributed by atoms with Crippen molar-refractivity contribution in [2.75, 3.05) is 6.61 Å². The summed E-state index contributed by atoms with van der Waals surface area (Å²) in [6.07, 6.45) is 0.350. The lowest BCUT2D eigenvalue weighted by Gasteiger charge is -2.31. The van der Waals surface area contributed by atoms with E-state index in [1.54, 1.807) is 31.3 Å². The van der Waals surface area contributed by atoms with E-state index in [1.807, 2.05) is 91.8 Å². The lowest BCUT2D eigenvalue weighted by molar-refractivity contribution is -0.139. The molecular weight excluding hydrogens is 667 g/mol. The van der Waals surface area contributed by atoms with Crippen LogP contribution in [0.2, 0.25) is 0 Å². The van der Waals surface area contributed by atoms with Crippen LogP contribution in [-0.4, -0.2) is 73.5 Å². The van der Waals surface area contributed by atoms with E-state index in [2.05, 4.69) is 15.6 Å². The molecule has 2 heterocycles. The molecule has 12 heteroatoms. The van der Waals surface area contributed by atoms with Crippen LogP contribution in [0.4, 0.5) is 0 Å². The molecule has 0 bridgehead atoms. The molecule has 268 valence electrons. The van der Waals surface area contributed by atoms with Crippen LogP contribution in [0.5, 0.6) is 5.75 Å². The maximum atomic E-state index is 14.4. The van der Waals surface area contributed by atoms with Crippen LogP contribution in [0.25, 0.3) is 10.9 Å². The minimum Gasteiger partial charge on any atom is -0.484 e. The number of aliphatic hydroxyl groups excluding tert-OH is 1. The number of primary amides is 1. The zero-order valence-electron chi connectivity index (χ0n) is 29.2. The van der Waals surface area contributed by atoms with Crippen molar-refractivity contribution < 1.29 is 29.0 Å². The zero-order chi connectivity index (χ0) is 36.7. The van der Waals surface area contributed by atoms with E-state index in [0.29, 0.717) is 12.3 Å². The van der Waals surface area contributed by atoms with Crippen LogP contribution in [0.15, 0.2) is 91.1 Å². The average Bonchev–Trinajstić information content (AvgIpc) is 3.39. The summed E-state index contributed by atoms with van der Waals surface area (Å²) in [6.45, 7) is 7.44. The Morgan fingerprint density at radius 3 is 2.43 bits per heavy atom. The van der Waals surface area contributed by atoms with Crippen molar-refractivity contribution in [1.82, 2.24) is 19.9 Å². The maximum absolute atomic E-state index is 14.4. The van der Waals surface area contributed by atoms with Crippen molar-refractivity contribution in [3.05, 3.63) is 108 Å². The lowest BCUT2D eigenvalue weighted by Crippen LogP contribution is -2.58. The highest BCUT2D eigenvalue weighted by atomic mass is 32.2. The van der Waals surface area contributed by atoms with Gasteiger partial charge in [-0.25, -0.2) is 4.31 Å². The smallest absolute Gasteiger partial charge is 0.258 e. The van der Waals surface area contributed by atoms with Crippen LogP contribution in [0, 0.1) is 12.8 Å². The number of hydrogen-bond donors (Lipinski definition) is 4. The van der Waals surface area contributed by atoms with E-state index in [1.165, 1.54) is 11.9 Å². The van der Waals surface area contributed by atoms with Gasteiger partial charge in [-0.3, -0.25) is 24.2 Å². The highest BCUT2D eigenvalue weighted by Crippen LogP contribution is 2.48. The van der Waals surface area contributed by atoms with Crippen LogP contribution in [-0.2, 0) is 32.1 Å². The van der Waals surface area contributed by atoms with E-state index in [-0.39, 0.29) is 19.4 Å². The van der Waals surface area contributed by atoms with E-state index in [9.17, 15) is 24.3 Å². The van der Waals surface area contributed by atoms with Gasteiger partial charge in [0.25, 0.3) is 5.91 Å². The van der Waals surface area contributed by atoms with Gasteiger partial charge in [0.15, 0.2) is 12.4 Å². The molecule has 0 spiro atoms. The third kappa shape index (κ3) is 9.12. The van der Waals surface area contributed by atoms with Crippen molar-refractivity contribution >= 4 is 46.4 Å². The van der Waals surface area contributed by atoms with Crippen molar-refractivity contribution in [2.45, 2.75) is 76.1 Å². The number of Topliss-reactive ketones (excluding diaryl/α,β-unsaturated/α-hetero) is 1. The summed E-state index contributed by atoms with van der Waals surface area (Å²) in [5.74, 6) is -2.79. The normalized spacial score (nSPS) is 18.8. The molecule has 0 radical (unpaired) electrons. The average molecular weight is 712 g/mol. The summed E-state index contributed by atoms with van der Waals surface area (Å²) < 4.78 is 6.78. The van der Waals surface area contributed by atoms with E-state index in [0.717, 1.165) is 27.6 Å². The van der Waals surface area contributed by atoms with Crippen molar-refractivity contribution in [1.29, 1.82) is 0 Å². The SMILES string of the molecule is CC[C@H](NC(=O)COc1ccc2ncccc2c1)C(=O)N[C@@H](Cc1ccccc1)[C@H](O)C(=O)[C@H]1C(C(N)=O)C(C)(C)SN1Cc1ccccc1C. The van der Waals surface area contributed by atoms with Crippen molar-refractivity contribution in [3.63, 3.8) is 0 Å². The number of aryl methyl sites for hydroxylation is 1. The van der Waals surface area contributed by atoms with Crippen LogP contribution in [0.3, 0.4) is 0 Å². The Morgan fingerprint density at radius 2 is 1.73 bits per heavy atom. The third-order valence-electron chi connectivity index (χ3n) is 9.22. The van der Waals surface area contributed by atoms with Gasteiger partial charge in [-0.1, -0.05) is 79.5 Å². The number of nitrogens with zero attached hydrogens (tertiary/aromatic N) is 2. The Hall–Kier alpha value is -4.78. The summed E-state index contributed by atoms with van der Waals surface area (Å²) in [6, 6.07) is 22.8. The lowest BCUT2D eigenvalue weighted by atomic mass is 9.82. The number of nitrogens with one attached hydrogen (secondary N) is 2. The number of benzene rings is 3. The number of nitrogens with two attached hydrogens (primary N) is 1. The van der Waals surface area contributed by atoms with Gasteiger partial charge >= 0.3 is 0 Å². The van der Waals surface area contributed by atoms with Crippen LogP contribution < -0.4 is 21.1 Å². The Labute approximate surface area is 302 Å². The first-order chi connectivity index (χ1) is 24.4. The Morgan fingerprint density at radius 1 is 1.00 bits per heavy atom. The van der Waals surface area contributed by atoms with Gasteiger partial charge < -0.3 is 26.2 Å². The third-order valence-corrected chi connectivity index (χ3v) is 10.5. The highest BCUT2D eigenvalue weighted by molar-refractivity contribution is 7.98. The molecule has 3 aromatic carbocycles. The molecule has 51 heavy (non-hydrogen) atoms. The fraction of sp³-hybridized carbons (Fsp3) is 0.359. The molecule has 0 saturated carbocycles. The largest absolute Gasteiger partial charge is 0.484 e. The molecule has 5 rings (SSSR count). The van der Waals surface area contributed by atoms with Crippen LogP contribution >= 0.6 is 11.9 Å². The number of aromatic nitrogens is 1. The molecule has 1 aliphatic heterocycles. The van der Waals surface area contributed by atoms with Gasteiger partial charge in [0.2, 0.25) is 11.8 Å². The second-order valence-corrected chi connectivity index (χ2v) is 15.1. The number of carbonyl (C=O) groups excluding carboxylic acids is 4. The monoisotopic (exact) mass is 711 g/mol. The maximum Gasteiger partial charge on any atom is 0.258 e. The predicted molar refractivity (Wildman–Crippen MR) is 197 cm³/mol. The van der Waals surface area contributed by atoms with Gasteiger partial charge in [0.1, 0.15) is 17.9 Å². The topological polar surface area (TPSA) is 164 Å². The number of rotatable bonds is 15. The first-order valence-electron chi connectivity index (χ1n) is 17.0. The quantitative estimate of drug-likeness (QED) is 0.134. The molecule has 1 fully saturated rings. The summed E-state index contributed by atoms with van der Waals surface area (Å²) >= 11 is 1.36. The van der Waals surface area contributed by atoms with E-state index in [4.69, 9.17) is 10.5 Å². The Kier molecular flexibility index (Phi) is 12.1. The minimum atomic E-state index is -1.70. The first-order valence-corrected chi connectivity index (χ1v) is 17.8. The Bertz CT molecular complexity index is 1870. The van der Waals surface area contributed by atoms with Crippen molar-refractivity contribution in [3.8, 4) is 5.75 Å². The van der Waals surface area contributed by atoms with E-state index < -0.39 is 58.4 Å². The van der Waals surface area contributed by atoms with Crippen LogP contribution in [0.1, 0.15) is 43.9 Å². The van der Waals surface area contributed by atoms with Gasteiger partial charge in [0, 0.05) is 22.9 Å². The van der Waals surface area contributed by atoms with Gasteiger partial charge in [-0.2, -0.15) is 0 Å². The zero-order valence-corrected chi connectivity index (χ0v) is 30.1. The van der Waals surface area contributed by atoms with Gasteiger partial charge in [-0.15, -0.1) is 0 Å². The molecule has 1 saturated heterocycles. The number of amides is 3. The van der Waals surface area contributed by atoms with Gasteiger partial charge in [0.05, 0.1) is 23.5 Å². The van der Waals surface area contributed by atoms with E-state index >= 15 is 0 Å². The number of ether oxygens (including phenoxy) is 1. The number of aliphatic hydroxyl groups is 1. The minimum absolute atomic E-state index is 0.117. The summed E-state index contributed by atoms with van der Waals surface area (Å²) in [7, 11) is 0. The molecule has 4 aromatic rings. The fourth-order valence-corrected chi connectivity index (χ4v) is 8.01. The predicted octanol–water partition coefficient (Wildman–Crippen LogP) is 3.89. The molecule has 5 atom stereocenters. The molecule has 1 aliphatic rings. The first kappa shape index (κ1) is 37.5. The molecular formula is C39H45N5O6S. The fourth-order valence-electron chi connectivity index (χ4n) is 6.50. The standard InChI is InChI=1S/C39H45N5O6S/c1-5-29(42-32(45)23-50-28-17-18-30-26(21-28)16-11-19-41-30)38(49)43-31(20-25-13-7-6-8-14-25)35(46)36(47)34-33(37(40)48)39(3,4)51-44(34)22-27-15-10-9-12-24(27)2/h6-19,21,29,31,33-35,46H,5,20,22-23H2,1-4H3,(H2,40,48)(H,42,45)(H,43,49)/t29-,31-,33?,34+,35-/m0/s1. The summed E-state index contributed by atoms with van der Waals surface area (Å²) in [5, 5.41) is 18.2. The molecule has 11 nitrogen and oxygen atoms in total. The molecule has 1 unspecified atom stereocenters. The molecule has 1 aromatic heterocycles. The number of pyridine rings is 1. The number of carbonyl (C=O) groups is 4. The highest BCUT2D eigenvalue weighted by Gasteiger charge is 2.55.